The zero-order chi connectivity index (χ0) is 16.1. The van der Waals surface area contributed by atoms with E-state index in [-0.39, 0.29) is 0 Å². The second-order valence-electron chi connectivity index (χ2n) is 6.02. The predicted molar refractivity (Wildman–Crippen MR) is 96.3 cm³/mol. The van der Waals surface area contributed by atoms with Crippen molar-refractivity contribution >= 4 is 17.3 Å². The molecule has 1 aliphatic rings. The minimum atomic E-state index is 0.424. The fourth-order valence-corrected chi connectivity index (χ4v) is 2.79. The van der Waals surface area contributed by atoms with Crippen LogP contribution < -0.4 is 15.1 Å². The Morgan fingerprint density at radius 1 is 1.04 bits per heavy atom. The first-order valence-corrected chi connectivity index (χ1v) is 8.40. The summed E-state index contributed by atoms with van der Waals surface area (Å²) in [7, 11) is 0. The van der Waals surface area contributed by atoms with Crippen LogP contribution in [0, 0.1) is 0 Å². The molecule has 0 bridgehead atoms. The summed E-state index contributed by atoms with van der Waals surface area (Å²) in [6, 6.07) is 13.1. The zero-order valence-electron chi connectivity index (χ0n) is 13.9. The third-order valence-electron chi connectivity index (χ3n) is 4.38. The standard InChI is InChI=1S/C18H25N5/c1-3-15(2)21-17-13-18(20-14-19-17)23-11-9-22(10-12-23)16-7-5-4-6-8-16/h4-8,13-15H,3,9-12H2,1-2H3,(H,19,20,21). The van der Waals surface area contributed by atoms with Crippen LogP contribution in [-0.4, -0.2) is 42.2 Å². The van der Waals surface area contributed by atoms with E-state index in [2.05, 4.69) is 75.3 Å². The average molecular weight is 311 g/mol. The van der Waals surface area contributed by atoms with Gasteiger partial charge in [0.25, 0.3) is 0 Å². The monoisotopic (exact) mass is 311 g/mol. The SMILES string of the molecule is CCC(C)Nc1cc(N2CCN(c3ccccc3)CC2)ncn1. The van der Waals surface area contributed by atoms with Crippen molar-refractivity contribution in [1.82, 2.24) is 9.97 Å². The second kappa shape index (κ2) is 7.31. The van der Waals surface area contributed by atoms with Gasteiger partial charge in [0.15, 0.2) is 0 Å². The van der Waals surface area contributed by atoms with E-state index in [4.69, 9.17) is 0 Å². The second-order valence-corrected chi connectivity index (χ2v) is 6.02. The number of hydrogen-bond donors (Lipinski definition) is 1. The maximum absolute atomic E-state index is 4.45. The Morgan fingerprint density at radius 2 is 1.74 bits per heavy atom. The Hall–Kier alpha value is -2.30. The van der Waals surface area contributed by atoms with Gasteiger partial charge in [-0.1, -0.05) is 25.1 Å². The fraction of sp³-hybridized carbons (Fsp3) is 0.444. The number of anilines is 3. The molecule has 1 aromatic carbocycles. The summed E-state index contributed by atoms with van der Waals surface area (Å²) in [6.45, 7) is 8.33. The summed E-state index contributed by atoms with van der Waals surface area (Å²) in [5.41, 5.74) is 1.30. The summed E-state index contributed by atoms with van der Waals surface area (Å²) in [5, 5.41) is 3.42. The number of aromatic nitrogens is 2. The molecule has 1 unspecified atom stereocenters. The number of para-hydroxylation sites is 1. The lowest BCUT2D eigenvalue weighted by atomic mass is 10.2. The third-order valence-corrected chi connectivity index (χ3v) is 4.38. The van der Waals surface area contributed by atoms with Gasteiger partial charge in [-0.25, -0.2) is 9.97 Å². The van der Waals surface area contributed by atoms with E-state index in [1.807, 2.05) is 0 Å². The van der Waals surface area contributed by atoms with Crippen LogP contribution >= 0.6 is 0 Å². The lowest BCUT2D eigenvalue weighted by Gasteiger charge is -2.36. The first-order chi connectivity index (χ1) is 11.3. The molecule has 0 aliphatic carbocycles. The average Bonchev–Trinajstić information content (AvgIpc) is 2.63. The normalized spacial score (nSPS) is 16.3. The molecule has 2 heterocycles. The van der Waals surface area contributed by atoms with Gasteiger partial charge in [-0.3, -0.25) is 0 Å². The molecule has 0 radical (unpaired) electrons. The Labute approximate surface area is 138 Å². The van der Waals surface area contributed by atoms with Crippen molar-refractivity contribution in [2.75, 3.05) is 41.3 Å². The molecule has 5 heteroatoms. The van der Waals surface area contributed by atoms with Gasteiger partial charge in [-0.05, 0) is 25.5 Å². The molecule has 23 heavy (non-hydrogen) atoms. The molecule has 1 aromatic heterocycles. The first-order valence-electron chi connectivity index (χ1n) is 8.40. The van der Waals surface area contributed by atoms with Crippen molar-refractivity contribution in [2.24, 2.45) is 0 Å². The minimum Gasteiger partial charge on any atom is -0.368 e. The van der Waals surface area contributed by atoms with E-state index in [0.29, 0.717) is 6.04 Å². The number of piperazine rings is 1. The van der Waals surface area contributed by atoms with Gasteiger partial charge >= 0.3 is 0 Å². The first kappa shape index (κ1) is 15.6. The van der Waals surface area contributed by atoms with Crippen LogP contribution in [0.3, 0.4) is 0 Å². The van der Waals surface area contributed by atoms with Crippen LogP contribution in [0.5, 0.6) is 0 Å². The predicted octanol–water partition coefficient (Wildman–Crippen LogP) is 3.01. The molecule has 5 nitrogen and oxygen atoms in total. The number of hydrogen-bond acceptors (Lipinski definition) is 5. The summed E-state index contributed by atoms with van der Waals surface area (Å²) in [4.78, 5) is 13.5. The van der Waals surface area contributed by atoms with Gasteiger partial charge in [-0.15, -0.1) is 0 Å². The summed E-state index contributed by atoms with van der Waals surface area (Å²) in [5.74, 6) is 1.92. The summed E-state index contributed by atoms with van der Waals surface area (Å²) >= 11 is 0. The summed E-state index contributed by atoms with van der Waals surface area (Å²) in [6.07, 6.45) is 2.73. The van der Waals surface area contributed by atoms with Crippen LogP contribution in [0.2, 0.25) is 0 Å². The van der Waals surface area contributed by atoms with Crippen LogP contribution in [-0.2, 0) is 0 Å². The van der Waals surface area contributed by atoms with Crippen molar-refractivity contribution < 1.29 is 0 Å². The van der Waals surface area contributed by atoms with Crippen LogP contribution in [0.1, 0.15) is 20.3 Å². The lowest BCUT2D eigenvalue weighted by Crippen LogP contribution is -2.46. The molecule has 0 saturated carbocycles. The van der Waals surface area contributed by atoms with Crippen molar-refractivity contribution in [3.05, 3.63) is 42.7 Å². The molecule has 1 aliphatic heterocycles. The van der Waals surface area contributed by atoms with Gasteiger partial charge in [0.2, 0.25) is 0 Å². The highest BCUT2D eigenvalue weighted by molar-refractivity contribution is 5.52. The smallest absolute Gasteiger partial charge is 0.134 e. The van der Waals surface area contributed by atoms with E-state index in [1.165, 1.54) is 5.69 Å². The van der Waals surface area contributed by atoms with Crippen molar-refractivity contribution in [3.63, 3.8) is 0 Å². The van der Waals surface area contributed by atoms with Crippen LogP contribution in [0.25, 0.3) is 0 Å². The van der Waals surface area contributed by atoms with Crippen molar-refractivity contribution in [1.29, 1.82) is 0 Å². The van der Waals surface area contributed by atoms with Crippen molar-refractivity contribution in [3.8, 4) is 0 Å². The van der Waals surface area contributed by atoms with Crippen LogP contribution in [0.4, 0.5) is 17.3 Å². The van der Waals surface area contributed by atoms with Gasteiger partial charge in [0.1, 0.15) is 18.0 Å². The van der Waals surface area contributed by atoms with E-state index >= 15 is 0 Å². The molecule has 0 amide bonds. The molecular weight excluding hydrogens is 286 g/mol. The fourth-order valence-electron chi connectivity index (χ4n) is 2.79. The molecule has 1 N–H and O–H groups in total. The van der Waals surface area contributed by atoms with Crippen LogP contribution in [0.15, 0.2) is 42.7 Å². The van der Waals surface area contributed by atoms with E-state index in [0.717, 1.165) is 44.2 Å². The maximum Gasteiger partial charge on any atom is 0.134 e. The Kier molecular flexibility index (Phi) is 4.95. The topological polar surface area (TPSA) is 44.3 Å². The van der Waals surface area contributed by atoms with Gasteiger partial charge in [-0.2, -0.15) is 0 Å². The lowest BCUT2D eigenvalue weighted by molar-refractivity contribution is 0.646. The Balaban J connectivity index is 1.62. The quantitative estimate of drug-likeness (QED) is 0.919. The minimum absolute atomic E-state index is 0.424. The molecule has 0 spiro atoms. The van der Waals surface area contributed by atoms with E-state index < -0.39 is 0 Å². The largest absolute Gasteiger partial charge is 0.368 e. The molecule has 2 aromatic rings. The Bertz CT molecular complexity index is 608. The highest BCUT2D eigenvalue weighted by Crippen LogP contribution is 2.20. The van der Waals surface area contributed by atoms with Gasteiger partial charge in [0, 0.05) is 44.0 Å². The molecule has 1 fully saturated rings. The van der Waals surface area contributed by atoms with Crippen molar-refractivity contribution in [2.45, 2.75) is 26.3 Å². The molecule has 122 valence electrons. The number of nitrogens with one attached hydrogen (secondary N) is 1. The molecular formula is C18H25N5. The van der Waals surface area contributed by atoms with Gasteiger partial charge < -0.3 is 15.1 Å². The number of rotatable bonds is 5. The number of benzene rings is 1. The Morgan fingerprint density at radius 3 is 2.43 bits per heavy atom. The highest BCUT2D eigenvalue weighted by Gasteiger charge is 2.18. The molecule has 1 atom stereocenters. The number of nitrogens with zero attached hydrogens (tertiary/aromatic N) is 4. The molecule has 3 rings (SSSR count). The van der Waals surface area contributed by atoms with E-state index in [1.54, 1.807) is 6.33 Å². The summed E-state index contributed by atoms with van der Waals surface area (Å²) < 4.78 is 0. The molecule has 1 saturated heterocycles. The van der Waals surface area contributed by atoms with Gasteiger partial charge in [0.05, 0.1) is 0 Å². The maximum atomic E-state index is 4.45. The zero-order valence-corrected chi connectivity index (χ0v) is 13.9. The highest BCUT2D eigenvalue weighted by atomic mass is 15.3. The third kappa shape index (κ3) is 3.92. The van der Waals surface area contributed by atoms with E-state index in [9.17, 15) is 0 Å².